The Morgan fingerprint density at radius 3 is 2.43 bits per heavy atom. The van der Waals surface area contributed by atoms with Gasteiger partial charge in [-0.2, -0.15) is 0 Å². The molecule has 120 valence electrons. The van der Waals surface area contributed by atoms with Gasteiger partial charge in [-0.15, -0.1) is 0 Å². The van der Waals surface area contributed by atoms with E-state index < -0.39 is 5.97 Å². The van der Waals surface area contributed by atoms with E-state index in [9.17, 15) is 9.59 Å². The van der Waals surface area contributed by atoms with E-state index in [1.54, 1.807) is 30.3 Å². The molecule has 0 aliphatic heterocycles. The molecule has 2 aromatic carbocycles. The molecule has 0 unspecified atom stereocenters. The van der Waals surface area contributed by atoms with Crippen LogP contribution in [-0.4, -0.2) is 32.6 Å². The Hall–Kier alpha value is -2.34. The molecule has 0 saturated carbocycles. The van der Waals surface area contributed by atoms with E-state index in [0.29, 0.717) is 11.3 Å². The van der Waals surface area contributed by atoms with Crippen molar-refractivity contribution in [2.24, 2.45) is 0 Å². The molecule has 0 heterocycles. The van der Waals surface area contributed by atoms with E-state index in [2.05, 4.69) is 21.2 Å². The van der Waals surface area contributed by atoms with Crippen molar-refractivity contribution in [1.82, 2.24) is 0 Å². The molecule has 0 saturated heterocycles. The van der Waals surface area contributed by atoms with Gasteiger partial charge < -0.3 is 15.0 Å². The number of benzene rings is 2. The fourth-order valence-corrected chi connectivity index (χ4v) is 2.27. The van der Waals surface area contributed by atoms with E-state index in [1.807, 2.05) is 37.2 Å². The number of hydrogen-bond acceptors (Lipinski definition) is 4. The summed E-state index contributed by atoms with van der Waals surface area (Å²) in [7, 11) is 3.83. The smallest absolute Gasteiger partial charge is 0.338 e. The second-order valence-corrected chi connectivity index (χ2v) is 5.99. The molecule has 0 aliphatic rings. The van der Waals surface area contributed by atoms with Gasteiger partial charge in [-0.05, 0) is 42.5 Å². The van der Waals surface area contributed by atoms with Gasteiger partial charge in [0.2, 0.25) is 0 Å². The van der Waals surface area contributed by atoms with Gasteiger partial charge in [0.1, 0.15) is 0 Å². The average Bonchev–Trinajstić information content (AvgIpc) is 2.52. The molecule has 0 bridgehead atoms. The normalized spacial score (nSPS) is 10.0. The highest BCUT2D eigenvalue weighted by Crippen LogP contribution is 2.16. The summed E-state index contributed by atoms with van der Waals surface area (Å²) in [6.45, 7) is -0.333. The molecule has 0 fully saturated rings. The topological polar surface area (TPSA) is 58.6 Å². The predicted molar refractivity (Wildman–Crippen MR) is 93.8 cm³/mol. The fourth-order valence-electron chi connectivity index (χ4n) is 1.87. The summed E-state index contributed by atoms with van der Waals surface area (Å²) in [6.07, 6.45) is 0. The first kappa shape index (κ1) is 17.0. The summed E-state index contributed by atoms with van der Waals surface area (Å²) in [5.41, 5.74) is 2.02. The number of amides is 1. The maximum atomic E-state index is 11.9. The maximum Gasteiger partial charge on any atom is 0.338 e. The Morgan fingerprint density at radius 1 is 1.13 bits per heavy atom. The summed E-state index contributed by atoms with van der Waals surface area (Å²) in [4.78, 5) is 25.6. The standard InChI is InChI=1S/C17H17BrN2O3/c1-20(2)15-8-6-12(7-9-15)17(22)23-11-16(21)19-14-5-3-4-13(18)10-14/h3-10H,11H2,1-2H3,(H,19,21). The van der Waals surface area contributed by atoms with E-state index in [1.165, 1.54) is 0 Å². The van der Waals surface area contributed by atoms with E-state index in [4.69, 9.17) is 4.74 Å². The van der Waals surface area contributed by atoms with E-state index in [-0.39, 0.29) is 12.5 Å². The number of nitrogens with zero attached hydrogens (tertiary/aromatic N) is 1. The Balaban J connectivity index is 1.87. The third-order valence-corrected chi connectivity index (χ3v) is 3.56. The van der Waals surface area contributed by atoms with Crippen LogP contribution in [0.3, 0.4) is 0 Å². The lowest BCUT2D eigenvalue weighted by Crippen LogP contribution is -2.21. The number of anilines is 2. The number of carbonyl (C=O) groups is 2. The summed E-state index contributed by atoms with van der Waals surface area (Å²) < 4.78 is 5.87. The summed E-state index contributed by atoms with van der Waals surface area (Å²) in [5.74, 6) is -0.916. The Morgan fingerprint density at radius 2 is 1.83 bits per heavy atom. The van der Waals surface area contributed by atoms with Crippen LogP contribution in [0.4, 0.5) is 11.4 Å². The third kappa shape index (κ3) is 5.10. The van der Waals surface area contributed by atoms with Crippen LogP contribution in [0.5, 0.6) is 0 Å². The van der Waals surface area contributed by atoms with Gasteiger partial charge >= 0.3 is 5.97 Å². The van der Waals surface area contributed by atoms with Crippen molar-refractivity contribution in [3.8, 4) is 0 Å². The lowest BCUT2D eigenvalue weighted by molar-refractivity contribution is -0.119. The van der Waals surface area contributed by atoms with Crippen LogP contribution in [0.1, 0.15) is 10.4 Å². The second-order valence-electron chi connectivity index (χ2n) is 5.08. The van der Waals surface area contributed by atoms with Crippen LogP contribution in [0.15, 0.2) is 53.0 Å². The monoisotopic (exact) mass is 376 g/mol. The average molecular weight is 377 g/mol. The molecule has 5 nitrogen and oxygen atoms in total. The summed E-state index contributed by atoms with van der Waals surface area (Å²) >= 11 is 3.32. The number of rotatable bonds is 5. The minimum absolute atomic E-state index is 0.333. The van der Waals surface area contributed by atoms with Crippen LogP contribution >= 0.6 is 15.9 Å². The van der Waals surface area contributed by atoms with Gasteiger partial charge in [-0.3, -0.25) is 4.79 Å². The van der Waals surface area contributed by atoms with Gasteiger partial charge in [0.15, 0.2) is 6.61 Å². The van der Waals surface area contributed by atoms with Crippen molar-refractivity contribution in [3.63, 3.8) is 0 Å². The predicted octanol–water partition coefficient (Wildman–Crippen LogP) is 3.31. The van der Waals surface area contributed by atoms with Crippen LogP contribution in [0.25, 0.3) is 0 Å². The van der Waals surface area contributed by atoms with Gasteiger partial charge in [0.05, 0.1) is 5.56 Å². The molecule has 0 aliphatic carbocycles. The maximum absolute atomic E-state index is 11.9. The van der Waals surface area contributed by atoms with Gasteiger partial charge in [-0.1, -0.05) is 22.0 Å². The molecule has 1 N–H and O–H groups in total. The van der Waals surface area contributed by atoms with Gasteiger partial charge in [-0.25, -0.2) is 4.79 Å². The SMILES string of the molecule is CN(C)c1ccc(C(=O)OCC(=O)Nc2cccc(Br)c2)cc1. The zero-order valence-corrected chi connectivity index (χ0v) is 14.5. The highest BCUT2D eigenvalue weighted by molar-refractivity contribution is 9.10. The molecule has 6 heteroatoms. The quantitative estimate of drug-likeness (QED) is 0.813. The zero-order chi connectivity index (χ0) is 16.8. The number of hydrogen-bond donors (Lipinski definition) is 1. The zero-order valence-electron chi connectivity index (χ0n) is 12.9. The highest BCUT2D eigenvalue weighted by atomic mass is 79.9. The third-order valence-electron chi connectivity index (χ3n) is 3.06. The van der Waals surface area contributed by atoms with Crippen LogP contribution in [0, 0.1) is 0 Å². The first-order valence-corrected chi connectivity index (χ1v) is 7.75. The first-order chi connectivity index (χ1) is 11.0. The largest absolute Gasteiger partial charge is 0.452 e. The number of esters is 1. The van der Waals surface area contributed by atoms with Crippen LogP contribution < -0.4 is 10.2 Å². The van der Waals surface area contributed by atoms with Crippen LogP contribution in [0.2, 0.25) is 0 Å². The van der Waals surface area contributed by atoms with Gasteiger partial charge in [0, 0.05) is 29.9 Å². The minimum atomic E-state index is -0.528. The molecule has 23 heavy (non-hydrogen) atoms. The molecule has 0 atom stereocenters. The van der Waals surface area contributed by atoms with Crippen molar-refractivity contribution < 1.29 is 14.3 Å². The van der Waals surface area contributed by atoms with Crippen LogP contribution in [-0.2, 0) is 9.53 Å². The van der Waals surface area contributed by atoms with Crippen molar-refractivity contribution in [1.29, 1.82) is 0 Å². The number of nitrogens with one attached hydrogen (secondary N) is 1. The summed E-state index contributed by atoms with van der Waals surface area (Å²) in [6, 6.07) is 14.2. The number of carbonyl (C=O) groups excluding carboxylic acids is 2. The lowest BCUT2D eigenvalue weighted by atomic mass is 10.2. The van der Waals surface area contributed by atoms with E-state index in [0.717, 1.165) is 10.2 Å². The fraction of sp³-hybridized carbons (Fsp3) is 0.176. The molecule has 1 amide bonds. The molecule has 0 spiro atoms. The molecular formula is C17H17BrN2O3. The van der Waals surface area contributed by atoms with Crippen molar-refractivity contribution >= 4 is 39.2 Å². The molecule has 2 aromatic rings. The first-order valence-electron chi connectivity index (χ1n) is 6.95. The van der Waals surface area contributed by atoms with Crippen molar-refractivity contribution in [3.05, 3.63) is 58.6 Å². The molecule has 2 rings (SSSR count). The molecule has 0 aromatic heterocycles. The van der Waals surface area contributed by atoms with Crippen molar-refractivity contribution in [2.75, 3.05) is 30.9 Å². The minimum Gasteiger partial charge on any atom is -0.452 e. The lowest BCUT2D eigenvalue weighted by Gasteiger charge is -2.12. The molecular weight excluding hydrogens is 360 g/mol. The second kappa shape index (κ2) is 7.78. The molecule has 0 radical (unpaired) electrons. The Kier molecular flexibility index (Phi) is 5.76. The van der Waals surface area contributed by atoms with Gasteiger partial charge in [0.25, 0.3) is 5.91 Å². The van der Waals surface area contributed by atoms with E-state index >= 15 is 0 Å². The summed E-state index contributed by atoms with van der Waals surface area (Å²) in [5, 5.41) is 2.66. The number of halogens is 1. The highest BCUT2D eigenvalue weighted by Gasteiger charge is 2.10. The number of ether oxygens (including phenoxy) is 1. The Labute approximate surface area is 143 Å². The Bertz CT molecular complexity index is 699. The van der Waals surface area contributed by atoms with Crippen molar-refractivity contribution in [2.45, 2.75) is 0 Å².